The fourth-order valence-corrected chi connectivity index (χ4v) is 3.65. The van der Waals surface area contributed by atoms with Gasteiger partial charge in [0, 0.05) is 35.1 Å². The van der Waals surface area contributed by atoms with Gasteiger partial charge in [0.1, 0.15) is 12.6 Å². The Labute approximate surface area is 179 Å². The van der Waals surface area contributed by atoms with Gasteiger partial charge in [0.05, 0.1) is 12.7 Å². The molecule has 1 unspecified atom stereocenters. The third-order valence-corrected chi connectivity index (χ3v) is 5.17. The predicted molar refractivity (Wildman–Crippen MR) is 116 cm³/mol. The number of carbonyl (C=O) groups is 3. The molecule has 2 aromatic carbocycles. The van der Waals surface area contributed by atoms with Crippen molar-refractivity contribution in [3.05, 3.63) is 60.3 Å². The van der Waals surface area contributed by atoms with Crippen molar-refractivity contribution in [2.24, 2.45) is 0 Å². The van der Waals surface area contributed by atoms with Crippen molar-refractivity contribution < 1.29 is 23.9 Å². The average Bonchev–Trinajstić information content (AvgIpc) is 3.44. The molecule has 31 heavy (non-hydrogen) atoms. The van der Waals surface area contributed by atoms with E-state index in [0.717, 1.165) is 23.7 Å². The zero-order chi connectivity index (χ0) is 21.8. The minimum absolute atomic E-state index is 0.0367. The minimum atomic E-state index is -0.448. The molecule has 0 radical (unpaired) electrons. The SMILES string of the molecule is COC(=O)c1cn(CC(=O)Nc2ccc(NC(=O)C3CCCO3)cc2)c2ccccc12. The number of amides is 2. The highest BCUT2D eigenvalue weighted by Gasteiger charge is 2.23. The van der Waals surface area contributed by atoms with Gasteiger partial charge in [-0.05, 0) is 43.2 Å². The summed E-state index contributed by atoms with van der Waals surface area (Å²) in [6, 6.07) is 14.2. The number of anilines is 2. The monoisotopic (exact) mass is 421 g/mol. The lowest BCUT2D eigenvalue weighted by Crippen LogP contribution is -2.26. The van der Waals surface area contributed by atoms with Crippen LogP contribution in [0.1, 0.15) is 23.2 Å². The van der Waals surface area contributed by atoms with Gasteiger partial charge in [-0.15, -0.1) is 0 Å². The topological polar surface area (TPSA) is 98.7 Å². The van der Waals surface area contributed by atoms with E-state index in [9.17, 15) is 14.4 Å². The van der Waals surface area contributed by atoms with Gasteiger partial charge in [-0.2, -0.15) is 0 Å². The molecule has 0 saturated carbocycles. The molecule has 1 atom stereocenters. The summed E-state index contributed by atoms with van der Waals surface area (Å²) in [5, 5.41) is 6.38. The van der Waals surface area contributed by atoms with Crippen LogP contribution in [-0.2, 0) is 25.6 Å². The van der Waals surface area contributed by atoms with Crippen molar-refractivity contribution in [1.82, 2.24) is 4.57 Å². The third kappa shape index (κ3) is 4.59. The maximum atomic E-state index is 12.6. The van der Waals surface area contributed by atoms with E-state index in [1.54, 1.807) is 35.0 Å². The van der Waals surface area contributed by atoms with Crippen LogP contribution in [0.4, 0.5) is 11.4 Å². The molecule has 1 aliphatic heterocycles. The average molecular weight is 421 g/mol. The summed E-state index contributed by atoms with van der Waals surface area (Å²) >= 11 is 0. The van der Waals surface area contributed by atoms with Crippen LogP contribution in [0.25, 0.3) is 10.9 Å². The van der Waals surface area contributed by atoms with Crippen LogP contribution < -0.4 is 10.6 Å². The molecule has 3 aromatic rings. The molecule has 2 heterocycles. The second-order valence-electron chi connectivity index (χ2n) is 7.30. The van der Waals surface area contributed by atoms with E-state index in [1.807, 2.05) is 24.3 Å². The van der Waals surface area contributed by atoms with Crippen molar-refractivity contribution in [2.45, 2.75) is 25.5 Å². The summed E-state index contributed by atoms with van der Waals surface area (Å²) in [6.07, 6.45) is 2.84. The minimum Gasteiger partial charge on any atom is -0.465 e. The number of aromatic nitrogens is 1. The Morgan fingerprint density at radius 2 is 1.77 bits per heavy atom. The third-order valence-electron chi connectivity index (χ3n) is 5.17. The van der Waals surface area contributed by atoms with Gasteiger partial charge in [-0.25, -0.2) is 4.79 Å². The standard InChI is InChI=1S/C23H23N3O5/c1-30-23(29)18-13-26(19-6-3-2-5-17(18)19)14-21(27)24-15-8-10-16(11-9-15)25-22(28)20-7-4-12-31-20/h2-3,5-6,8-11,13,20H,4,7,12,14H2,1H3,(H,24,27)(H,25,28). The van der Waals surface area contributed by atoms with Crippen LogP contribution in [0, 0.1) is 0 Å². The summed E-state index contributed by atoms with van der Waals surface area (Å²) in [5.41, 5.74) is 2.42. The number of methoxy groups -OCH3 is 1. The van der Waals surface area contributed by atoms with E-state index in [2.05, 4.69) is 10.6 Å². The summed E-state index contributed by atoms with van der Waals surface area (Å²) in [6.45, 7) is 0.649. The molecule has 1 fully saturated rings. The number of hydrogen-bond acceptors (Lipinski definition) is 5. The fraction of sp³-hybridized carbons (Fsp3) is 0.261. The van der Waals surface area contributed by atoms with Crippen molar-refractivity contribution in [3.63, 3.8) is 0 Å². The lowest BCUT2D eigenvalue weighted by atomic mass is 10.2. The van der Waals surface area contributed by atoms with Crippen LogP contribution >= 0.6 is 0 Å². The molecule has 2 amide bonds. The van der Waals surface area contributed by atoms with Crippen LogP contribution in [-0.4, -0.2) is 42.2 Å². The summed E-state index contributed by atoms with van der Waals surface area (Å²) in [4.78, 5) is 36.7. The number of esters is 1. The zero-order valence-corrected chi connectivity index (χ0v) is 17.1. The van der Waals surface area contributed by atoms with Crippen molar-refractivity contribution in [3.8, 4) is 0 Å². The predicted octanol–water partition coefficient (Wildman–Crippen LogP) is 3.18. The van der Waals surface area contributed by atoms with Crippen LogP contribution in [0.5, 0.6) is 0 Å². The molecule has 0 spiro atoms. The Hall–Kier alpha value is -3.65. The van der Waals surface area contributed by atoms with Crippen molar-refractivity contribution in [1.29, 1.82) is 0 Å². The molecular formula is C23H23N3O5. The zero-order valence-electron chi connectivity index (χ0n) is 17.1. The van der Waals surface area contributed by atoms with Gasteiger partial charge in [-0.1, -0.05) is 18.2 Å². The lowest BCUT2D eigenvalue weighted by Gasteiger charge is -2.11. The highest BCUT2D eigenvalue weighted by molar-refractivity contribution is 6.05. The van der Waals surface area contributed by atoms with E-state index in [1.165, 1.54) is 7.11 Å². The van der Waals surface area contributed by atoms with E-state index >= 15 is 0 Å². The number of hydrogen-bond donors (Lipinski definition) is 2. The van der Waals surface area contributed by atoms with Crippen molar-refractivity contribution in [2.75, 3.05) is 24.4 Å². The Morgan fingerprint density at radius 3 is 2.45 bits per heavy atom. The highest BCUT2D eigenvalue weighted by atomic mass is 16.5. The number of nitrogens with one attached hydrogen (secondary N) is 2. The fourth-order valence-electron chi connectivity index (χ4n) is 3.65. The first-order valence-corrected chi connectivity index (χ1v) is 10.0. The Balaban J connectivity index is 1.41. The molecule has 1 aliphatic rings. The van der Waals surface area contributed by atoms with Gasteiger partial charge in [0.2, 0.25) is 5.91 Å². The Kier molecular flexibility index (Phi) is 5.99. The van der Waals surface area contributed by atoms with E-state index in [0.29, 0.717) is 23.5 Å². The number of benzene rings is 2. The number of rotatable bonds is 6. The van der Waals surface area contributed by atoms with Gasteiger partial charge in [0.25, 0.3) is 5.91 Å². The van der Waals surface area contributed by atoms with Crippen molar-refractivity contribution >= 4 is 40.1 Å². The first-order valence-electron chi connectivity index (χ1n) is 10.0. The van der Waals surface area contributed by atoms with Crippen LogP contribution in [0.2, 0.25) is 0 Å². The van der Waals surface area contributed by atoms with E-state index < -0.39 is 12.1 Å². The van der Waals surface area contributed by atoms with Crippen LogP contribution in [0.15, 0.2) is 54.7 Å². The summed E-state index contributed by atoms with van der Waals surface area (Å²) in [5.74, 6) is -0.848. The molecule has 1 saturated heterocycles. The first-order chi connectivity index (χ1) is 15.0. The summed E-state index contributed by atoms with van der Waals surface area (Å²) < 4.78 is 11.9. The molecule has 0 aliphatic carbocycles. The second kappa shape index (κ2) is 9.01. The molecule has 8 heteroatoms. The second-order valence-corrected chi connectivity index (χ2v) is 7.30. The Morgan fingerprint density at radius 1 is 1.06 bits per heavy atom. The smallest absolute Gasteiger partial charge is 0.340 e. The number of fused-ring (bicyclic) bond motifs is 1. The van der Waals surface area contributed by atoms with Gasteiger partial charge < -0.3 is 24.7 Å². The quantitative estimate of drug-likeness (QED) is 0.596. The first kappa shape index (κ1) is 20.6. The van der Waals surface area contributed by atoms with Crippen LogP contribution in [0.3, 0.4) is 0 Å². The molecule has 2 N–H and O–H groups in total. The van der Waals surface area contributed by atoms with Gasteiger partial charge in [-0.3, -0.25) is 9.59 Å². The maximum absolute atomic E-state index is 12.6. The number of nitrogens with zero attached hydrogens (tertiary/aromatic N) is 1. The van der Waals surface area contributed by atoms with Gasteiger partial charge >= 0.3 is 5.97 Å². The molecule has 8 nitrogen and oxygen atoms in total. The molecule has 1 aromatic heterocycles. The van der Waals surface area contributed by atoms with E-state index in [-0.39, 0.29) is 18.4 Å². The normalized spacial score (nSPS) is 15.6. The van der Waals surface area contributed by atoms with E-state index in [4.69, 9.17) is 9.47 Å². The maximum Gasteiger partial charge on any atom is 0.340 e. The largest absolute Gasteiger partial charge is 0.465 e. The number of carbonyl (C=O) groups excluding carboxylic acids is 3. The summed E-state index contributed by atoms with van der Waals surface area (Å²) in [7, 11) is 1.33. The molecule has 4 rings (SSSR count). The number of ether oxygens (including phenoxy) is 2. The molecular weight excluding hydrogens is 398 g/mol. The highest BCUT2D eigenvalue weighted by Crippen LogP contribution is 2.22. The molecule has 160 valence electrons. The Bertz CT molecular complexity index is 1110. The number of para-hydroxylation sites is 1. The molecule has 0 bridgehead atoms. The van der Waals surface area contributed by atoms with Gasteiger partial charge in [0.15, 0.2) is 0 Å². The lowest BCUT2D eigenvalue weighted by molar-refractivity contribution is -0.124.